The van der Waals surface area contributed by atoms with Crippen molar-refractivity contribution in [3.05, 3.63) is 60.4 Å². The average Bonchev–Trinajstić information content (AvgIpc) is 3.12. The van der Waals surface area contributed by atoms with Gasteiger partial charge in [-0.3, -0.25) is 4.79 Å². The van der Waals surface area contributed by atoms with Crippen LogP contribution in [0, 0.1) is 0 Å². The van der Waals surface area contributed by atoms with Gasteiger partial charge in [0.15, 0.2) is 6.10 Å². The molecule has 3 aromatic rings. The third-order valence-electron chi connectivity index (χ3n) is 5.13. The zero-order chi connectivity index (χ0) is 17.9. The van der Waals surface area contributed by atoms with Gasteiger partial charge in [-0.05, 0) is 55.5 Å². The summed E-state index contributed by atoms with van der Waals surface area (Å²) in [6.45, 7) is 3.35. The van der Waals surface area contributed by atoms with Crippen LogP contribution in [0.2, 0.25) is 0 Å². The number of piperidine rings is 1. The number of nitrogens with one attached hydrogen (secondary N) is 1. The third kappa shape index (κ3) is 3.29. The lowest BCUT2D eigenvalue weighted by molar-refractivity contribution is -0.139. The van der Waals surface area contributed by atoms with Crippen molar-refractivity contribution in [3.63, 3.8) is 0 Å². The highest BCUT2D eigenvalue weighted by Gasteiger charge is 2.28. The summed E-state index contributed by atoms with van der Waals surface area (Å²) in [6.07, 6.45) is 5.34. The third-order valence-corrected chi connectivity index (χ3v) is 5.13. The molecule has 1 aliphatic heterocycles. The summed E-state index contributed by atoms with van der Waals surface area (Å²) in [5.74, 6) is 1.25. The molecular weight excluding hydrogens is 326 g/mol. The second-order valence-corrected chi connectivity index (χ2v) is 6.82. The zero-order valence-electron chi connectivity index (χ0n) is 14.9. The minimum absolute atomic E-state index is 0.0629. The smallest absolute Gasteiger partial charge is 0.263 e. The number of para-hydroxylation sites is 1. The quantitative estimate of drug-likeness (QED) is 0.781. The molecule has 4 rings (SSSR count). The van der Waals surface area contributed by atoms with Crippen LogP contribution in [0.3, 0.4) is 0 Å². The minimum Gasteiger partial charge on any atom is -0.481 e. The first-order valence-corrected chi connectivity index (χ1v) is 9.15. The normalized spacial score (nSPS) is 16.6. The van der Waals surface area contributed by atoms with Crippen molar-refractivity contribution >= 4 is 16.9 Å². The van der Waals surface area contributed by atoms with Crippen LogP contribution in [0.4, 0.5) is 0 Å². The molecule has 1 aliphatic rings. The van der Waals surface area contributed by atoms with Crippen LogP contribution in [0.25, 0.3) is 11.0 Å². The molecule has 1 atom stereocenters. The van der Waals surface area contributed by atoms with E-state index in [2.05, 4.69) is 22.2 Å². The van der Waals surface area contributed by atoms with E-state index in [0.29, 0.717) is 5.92 Å². The predicted molar refractivity (Wildman–Crippen MR) is 101 cm³/mol. The van der Waals surface area contributed by atoms with Crippen LogP contribution in [0.1, 0.15) is 31.2 Å². The fraction of sp³-hybridized carbons (Fsp3) is 0.333. The number of carbonyl (C=O) groups excluding carboxylic acids is 1. The van der Waals surface area contributed by atoms with Crippen LogP contribution in [0.15, 0.2) is 54.9 Å². The SMILES string of the molecule is C[C@H](Oc1ccccc1)C(=O)N1CCC(c2c[nH]c3ncccc23)CC1. The molecule has 134 valence electrons. The van der Waals surface area contributed by atoms with Crippen molar-refractivity contribution in [2.24, 2.45) is 0 Å². The predicted octanol–water partition coefficient (Wildman–Crippen LogP) is 3.74. The van der Waals surface area contributed by atoms with Crippen molar-refractivity contribution in [3.8, 4) is 5.75 Å². The number of ether oxygens (including phenoxy) is 1. The lowest BCUT2D eigenvalue weighted by Gasteiger charge is -2.33. The number of likely N-dealkylation sites (tertiary alicyclic amines) is 1. The summed E-state index contributed by atoms with van der Waals surface area (Å²) in [5.41, 5.74) is 2.25. The van der Waals surface area contributed by atoms with Crippen molar-refractivity contribution in [1.82, 2.24) is 14.9 Å². The Kier molecular flexibility index (Phi) is 4.61. The van der Waals surface area contributed by atoms with Gasteiger partial charge in [0.05, 0.1) is 0 Å². The lowest BCUT2D eigenvalue weighted by atomic mass is 9.89. The topological polar surface area (TPSA) is 58.2 Å². The van der Waals surface area contributed by atoms with Crippen molar-refractivity contribution < 1.29 is 9.53 Å². The highest BCUT2D eigenvalue weighted by atomic mass is 16.5. The Morgan fingerprint density at radius 2 is 1.96 bits per heavy atom. The van der Waals surface area contributed by atoms with Crippen LogP contribution in [0.5, 0.6) is 5.75 Å². The molecule has 0 radical (unpaired) electrons. The van der Waals surface area contributed by atoms with E-state index in [1.807, 2.05) is 48.2 Å². The van der Waals surface area contributed by atoms with E-state index >= 15 is 0 Å². The molecule has 26 heavy (non-hydrogen) atoms. The summed E-state index contributed by atoms with van der Waals surface area (Å²) in [4.78, 5) is 22.2. The molecule has 0 bridgehead atoms. The van der Waals surface area contributed by atoms with E-state index in [1.54, 1.807) is 6.20 Å². The van der Waals surface area contributed by atoms with Crippen molar-refractivity contribution in [2.45, 2.75) is 31.8 Å². The van der Waals surface area contributed by atoms with E-state index < -0.39 is 6.10 Å². The number of hydrogen-bond donors (Lipinski definition) is 1. The minimum atomic E-state index is -0.466. The molecule has 5 nitrogen and oxygen atoms in total. The first-order valence-electron chi connectivity index (χ1n) is 9.15. The van der Waals surface area contributed by atoms with E-state index in [9.17, 15) is 4.79 Å². The summed E-state index contributed by atoms with van der Waals surface area (Å²) in [7, 11) is 0. The second-order valence-electron chi connectivity index (χ2n) is 6.82. The first-order chi connectivity index (χ1) is 12.7. The fourth-order valence-corrected chi connectivity index (χ4v) is 3.74. The van der Waals surface area contributed by atoms with E-state index in [0.717, 1.165) is 37.3 Å². The number of hydrogen-bond acceptors (Lipinski definition) is 3. The van der Waals surface area contributed by atoms with Crippen LogP contribution in [-0.4, -0.2) is 40.0 Å². The number of aromatic nitrogens is 2. The molecule has 1 N–H and O–H groups in total. The van der Waals surface area contributed by atoms with Gasteiger partial charge < -0.3 is 14.6 Å². The number of carbonyl (C=O) groups is 1. The van der Waals surface area contributed by atoms with Gasteiger partial charge in [0.2, 0.25) is 0 Å². The molecule has 0 aliphatic carbocycles. The molecular formula is C21H23N3O2. The van der Waals surface area contributed by atoms with Gasteiger partial charge in [0, 0.05) is 30.9 Å². The molecule has 5 heteroatoms. The molecule has 1 fully saturated rings. The van der Waals surface area contributed by atoms with E-state index in [1.165, 1.54) is 10.9 Å². The van der Waals surface area contributed by atoms with E-state index in [4.69, 9.17) is 4.74 Å². The number of benzene rings is 1. The molecule has 3 heterocycles. The highest BCUT2D eigenvalue weighted by Crippen LogP contribution is 2.32. The highest BCUT2D eigenvalue weighted by molar-refractivity contribution is 5.82. The molecule has 0 spiro atoms. The molecule has 0 saturated carbocycles. The number of pyridine rings is 1. The second kappa shape index (κ2) is 7.20. The first kappa shape index (κ1) is 16.6. The van der Waals surface area contributed by atoms with Gasteiger partial charge in [-0.15, -0.1) is 0 Å². The number of amides is 1. The average molecular weight is 349 g/mol. The Hall–Kier alpha value is -2.82. The van der Waals surface area contributed by atoms with Gasteiger partial charge in [0.25, 0.3) is 5.91 Å². The van der Waals surface area contributed by atoms with E-state index in [-0.39, 0.29) is 5.91 Å². The Bertz CT molecular complexity index is 882. The maximum atomic E-state index is 12.7. The number of rotatable bonds is 4. The van der Waals surface area contributed by atoms with Gasteiger partial charge in [-0.25, -0.2) is 4.98 Å². The summed E-state index contributed by atoms with van der Waals surface area (Å²) in [6, 6.07) is 13.6. The number of aromatic amines is 1. The molecule has 1 aromatic carbocycles. The summed E-state index contributed by atoms with van der Waals surface area (Å²) in [5, 5.41) is 1.19. The fourth-order valence-electron chi connectivity index (χ4n) is 3.74. The zero-order valence-corrected chi connectivity index (χ0v) is 14.9. The Morgan fingerprint density at radius 1 is 1.19 bits per heavy atom. The van der Waals surface area contributed by atoms with Crippen LogP contribution in [-0.2, 0) is 4.79 Å². The maximum absolute atomic E-state index is 12.7. The number of nitrogens with zero attached hydrogens (tertiary/aromatic N) is 2. The molecule has 0 unspecified atom stereocenters. The van der Waals surface area contributed by atoms with Crippen molar-refractivity contribution in [1.29, 1.82) is 0 Å². The van der Waals surface area contributed by atoms with Crippen LogP contribution >= 0.6 is 0 Å². The van der Waals surface area contributed by atoms with Crippen molar-refractivity contribution in [2.75, 3.05) is 13.1 Å². The standard InChI is InChI=1S/C21H23N3O2/c1-15(26-17-6-3-2-4-7-17)21(25)24-12-9-16(10-13-24)19-14-23-20-18(19)8-5-11-22-20/h2-8,11,14-16H,9-10,12-13H2,1H3,(H,22,23)/t15-/m0/s1. The Labute approximate surface area is 153 Å². The number of fused-ring (bicyclic) bond motifs is 1. The largest absolute Gasteiger partial charge is 0.481 e. The Morgan fingerprint density at radius 3 is 2.73 bits per heavy atom. The number of H-pyrrole nitrogens is 1. The van der Waals surface area contributed by atoms with Gasteiger partial charge in [-0.2, -0.15) is 0 Å². The van der Waals surface area contributed by atoms with Gasteiger partial charge >= 0.3 is 0 Å². The monoisotopic (exact) mass is 349 g/mol. The maximum Gasteiger partial charge on any atom is 0.263 e. The lowest BCUT2D eigenvalue weighted by Crippen LogP contribution is -2.44. The van der Waals surface area contributed by atoms with Crippen LogP contribution < -0.4 is 4.74 Å². The summed E-state index contributed by atoms with van der Waals surface area (Å²) < 4.78 is 5.78. The Balaban J connectivity index is 1.38. The molecule has 1 amide bonds. The molecule has 1 saturated heterocycles. The summed E-state index contributed by atoms with van der Waals surface area (Å²) >= 11 is 0. The van der Waals surface area contributed by atoms with Gasteiger partial charge in [0.1, 0.15) is 11.4 Å². The van der Waals surface area contributed by atoms with Gasteiger partial charge in [-0.1, -0.05) is 18.2 Å². The molecule has 2 aromatic heterocycles.